The summed E-state index contributed by atoms with van der Waals surface area (Å²) in [4.78, 5) is 52.5. The van der Waals surface area contributed by atoms with Crippen molar-refractivity contribution in [3.05, 3.63) is 0 Å². The second kappa shape index (κ2) is 8.46. The van der Waals surface area contributed by atoms with Crippen LogP contribution in [0.3, 0.4) is 0 Å². The summed E-state index contributed by atoms with van der Waals surface area (Å²) in [7, 11) is 1.14. The Hall–Kier alpha value is -2.16. The molecule has 0 saturated carbocycles. The average Bonchev–Trinajstić information content (AvgIpc) is 2.72. The summed E-state index contributed by atoms with van der Waals surface area (Å²) < 4.78 is 15.3. The number of ether oxygens (including phenoxy) is 3. The number of aliphatic hydroxyl groups is 1. The van der Waals surface area contributed by atoms with Crippen LogP contribution in [0.5, 0.6) is 0 Å². The minimum Gasteiger partial charge on any atom is -0.467 e. The molecule has 9 nitrogen and oxygen atoms in total. The molecule has 1 amide bonds. The van der Waals surface area contributed by atoms with Gasteiger partial charge in [-0.3, -0.25) is 4.79 Å². The molecule has 1 N–H and O–H groups in total. The molecule has 0 aromatic rings. The van der Waals surface area contributed by atoms with Crippen molar-refractivity contribution in [1.29, 1.82) is 0 Å². The molecular weight excluding hydrogens is 370 g/mol. The molecule has 0 spiro atoms. The van der Waals surface area contributed by atoms with Crippen molar-refractivity contribution >= 4 is 23.8 Å². The van der Waals surface area contributed by atoms with Crippen LogP contribution in [0.25, 0.3) is 0 Å². The highest BCUT2D eigenvalue weighted by atomic mass is 16.6. The molecule has 160 valence electrons. The molecule has 2 atom stereocenters. The molecule has 1 rings (SSSR count). The predicted octanol–water partition coefficient (Wildman–Crippen LogP) is 0.809. The van der Waals surface area contributed by atoms with E-state index in [4.69, 9.17) is 14.2 Å². The van der Waals surface area contributed by atoms with E-state index in [9.17, 15) is 24.3 Å². The third kappa shape index (κ3) is 3.99. The first-order chi connectivity index (χ1) is 12.7. The molecule has 28 heavy (non-hydrogen) atoms. The van der Waals surface area contributed by atoms with Crippen LogP contribution < -0.4 is 0 Å². The summed E-state index contributed by atoms with van der Waals surface area (Å²) in [5, 5.41) is 11.1. The molecule has 0 aromatic heterocycles. The summed E-state index contributed by atoms with van der Waals surface area (Å²) in [6.45, 7) is 10.7. The number of rotatable bonds is 7. The molecule has 0 bridgehead atoms. The lowest BCUT2D eigenvalue weighted by Crippen LogP contribution is -2.72. The summed E-state index contributed by atoms with van der Waals surface area (Å²) in [5.74, 6) is -4.41. The fraction of sp³-hybridized carbons (Fsp3) is 0.789. The number of methoxy groups -OCH3 is 1. The van der Waals surface area contributed by atoms with Crippen molar-refractivity contribution in [3.8, 4) is 0 Å². The minimum absolute atomic E-state index is 0.525. The topological polar surface area (TPSA) is 119 Å². The number of amides is 1. The van der Waals surface area contributed by atoms with Crippen LogP contribution in [0.2, 0.25) is 0 Å². The predicted molar refractivity (Wildman–Crippen MR) is 97.9 cm³/mol. The van der Waals surface area contributed by atoms with Gasteiger partial charge in [-0.15, -0.1) is 0 Å². The zero-order chi connectivity index (χ0) is 22.0. The molecular formula is C19H31NO8. The number of hydrogen-bond donors (Lipinski definition) is 1. The van der Waals surface area contributed by atoms with Gasteiger partial charge in [-0.1, -0.05) is 13.8 Å². The number of carbonyl (C=O) groups excluding carboxylic acids is 4. The summed E-state index contributed by atoms with van der Waals surface area (Å²) in [6.07, 6.45) is -1.84. The smallest absolute Gasteiger partial charge is 0.347 e. The zero-order valence-electron chi connectivity index (χ0n) is 17.8. The fourth-order valence-electron chi connectivity index (χ4n) is 3.43. The van der Waals surface area contributed by atoms with Gasteiger partial charge in [0.15, 0.2) is 0 Å². The van der Waals surface area contributed by atoms with Gasteiger partial charge >= 0.3 is 17.9 Å². The highest BCUT2D eigenvalue weighted by Gasteiger charge is 2.74. The molecule has 1 fully saturated rings. The molecule has 0 aromatic carbocycles. The molecule has 1 heterocycles. The first-order valence-corrected chi connectivity index (χ1v) is 9.28. The van der Waals surface area contributed by atoms with E-state index in [0.29, 0.717) is 0 Å². The summed E-state index contributed by atoms with van der Waals surface area (Å²) in [5.41, 5.74) is -4.70. The van der Waals surface area contributed by atoms with E-state index in [0.717, 1.165) is 12.0 Å². The van der Waals surface area contributed by atoms with Gasteiger partial charge in [0, 0.05) is 0 Å². The molecule has 1 saturated heterocycles. The maximum Gasteiger partial charge on any atom is 0.347 e. The van der Waals surface area contributed by atoms with E-state index in [1.807, 2.05) is 0 Å². The maximum atomic E-state index is 13.2. The van der Waals surface area contributed by atoms with Gasteiger partial charge in [-0.25, -0.2) is 14.4 Å². The van der Waals surface area contributed by atoms with Crippen molar-refractivity contribution in [1.82, 2.24) is 4.90 Å². The molecule has 0 aliphatic carbocycles. The Bertz CT molecular complexity index is 616. The van der Waals surface area contributed by atoms with E-state index < -0.39 is 65.5 Å². The normalized spacial score (nSPS) is 22.6. The van der Waals surface area contributed by atoms with Crippen molar-refractivity contribution in [2.75, 3.05) is 7.11 Å². The van der Waals surface area contributed by atoms with Gasteiger partial charge in [0.05, 0.1) is 25.7 Å². The van der Waals surface area contributed by atoms with Gasteiger partial charge < -0.3 is 24.2 Å². The Morgan fingerprint density at radius 2 is 1.43 bits per heavy atom. The number of nitrogens with zero attached hydrogens (tertiary/aromatic N) is 1. The third-order valence-corrected chi connectivity index (χ3v) is 4.53. The van der Waals surface area contributed by atoms with Gasteiger partial charge in [0.1, 0.15) is 11.6 Å². The van der Waals surface area contributed by atoms with E-state index in [-0.39, 0.29) is 0 Å². The highest BCUT2D eigenvalue weighted by Crippen LogP contribution is 2.44. The van der Waals surface area contributed by atoms with E-state index in [1.54, 1.807) is 41.5 Å². The Morgan fingerprint density at radius 3 is 1.75 bits per heavy atom. The largest absolute Gasteiger partial charge is 0.467 e. The third-order valence-electron chi connectivity index (χ3n) is 4.53. The van der Waals surface area contributed by atoms with Crippen LogP contribution in [0.15, 0.2) is 0 Å². The van der Waals surface area contributed by atoms with Crippen molar-refractivity contribution in [2.45, 2.75) is 84.3 Å². The zero-order valence-corrected chi connectivity index (χ0v) is 17.8. The first kappa shape index (κ1) is 23.9. The Morgan fingerprint density at radius 1 is 1.00 bits per heavy atom. The van der Waals surface area contributed by atoms with Gasteiger partial charge in [0.2, 0.25) is 5.91 Å². The highest BCUT2D eigenvalue weighted by molar-refractivity contribution is 6.13. The van der Waals surface area contributed by atoms with Crippen LogP contribution in [-0.2, 0) is 33.4 Å². The molecule has 0 radical (unpaired) electrons. The van der Waals surface area contributed by atoms with Gasteiger partial charge in [-0.05, 0) is 40.5 Å². The van der Waals surface area contributed by atoms with Gasteiger partial charge in [-0.2, -0.15) is 0 Å². The van der Waals surface area contributed by atoms with Crippen molar-refractivity contribution < 1.29 is 38.5 Å². The maximum absolute atomic E-state index is 13.2. The number of hydrogen-bond acceptors (Lipinski definition) is 8. The van der Waals surface area contributed by atoms with Crippen LogP contribution in [0.1, 0.15) is 54.9 Å². The molecule has 1 aliphatic rings. The SMILES string of the molecule is COC(=O)C(C(C)C)N1C(=O)CC(C)(O)C1(C(=O)OC(C)C)C(=O)OC(C)C. The van der Waals surface area contributed by atoms with Crippen molar-refractivity contribution in [3.63, 3.8) is 0 Å². The number of likely N-dealkylation sites (tertiary alicyclic amines) is 1. The molecule has 1 aliphatic heterocycles. The van der Waals surface area contributed by atoms with Crippen LogP contribution in [0.4, 0.5) is 0 Å². The Balaban J connectivity index is 3.80. The standard InChI is InChI=1S/C19H31NO8/c1-10(2)14(15(22)26-8)20-13(21)9-18(7,25)19(20,16(23)27-11(3)4)17(24)28-12(5)6/h10-12,14,25H,9H2,1-8H3. The Kier molecular flexibility index (Phi) is 7.22. The van der Waals surface area contributed by atoms with Crippen molar-refractivity contribution in [2.24, 2.45) is 5.92 Å². The van der Waals surface area contributed by atoms with Crippen LogP contribution in [0, 0.1) is 5.92 Å². The van der Waals surface area contributed by atoms with E-state index in [2.05, 4.69) is 0 Å². The second-order valence-electron chi connectivity index (χ2n) is 8.04. The molecule has 2 unspecified atom stereocenters. The van der Waals surface area contributed by atoms with Crippen LogP contribution in [-0.4, -0.2) is 70.3 Å². The van der Waals surface area contributed by atoms with Crippen LogP contribution >= 0.6 is 0 Å². The lowest BCUT2D eigenvalue weighted by atomic mass is 9.80. The van der Waals surface area contributed by atoms with Gasteiger partial charge in [0.25, 0.3) is 5.54 Å². The summed E-state index contributed by atoms with van der Waals surface area (Å²) >= 11 is 0. The summed E-state index contributed by atoms with van der Waals surface area (Å²) in [6, 6.07) is -1.30. The quantitative estimate of drug-likeness (QED) is 0.378. The lowest BCUT2D eigenvalue weighted by molar-refractivity contribution is -0.197. The molecule has 9 heteroatoms. The first-order valence-electron chi connectivity index (χ1n) is 9.28. The number of carbonyl (C=O) groups is 4. The second-order valence-corrected chi connectivity index (χ2v) is 8.04. The van der Waals surface area contributed by atoms with E-state index in [1.165, 1.54) is 6.92 Å². The Labute approximate surface area is 165 Å². The fourth-order valence-corrected chi connectivity index (χ4v) is 3.43. The minimum atomic E-state index is -2.54. The number of esters is 3. The average molecular weight is 401 g/mol. The monoisotopic (exact) mass is 401 g/mol. The van der Waals surface area contributed by atoms with E-state index >= 15 is 0 Å². The lowest BCUT2D eigenvalue weighted by Gasteiger charge is -2.44.